The first kappa shape index (κ1) is 26.3. The molecule has 9 atom stereocenters. The maximum Gasteiger partial charge on any atom is 0.375 e. The van der Waals surface area contributed by atoms with Gasteiger partial charge in [-0.3, -0.25) is 9.59 Å². The fraction of sp³-hybridized carbons (Fsp3) is 0.593. The van der Waals surface area contributed by atoms with E-state index in [0.717, 1.165) is 6.08 Å². The van der Waals surface area contributed by atoms with Crippen LogP contribution in [0.5, 0.6) is 0 Å². The Kier molecular flexibility index (Phi) is 6.10. The molecule has 37 heavy (non-hydrogen) atoms. The normalized spacial score (nSPS) is 44.5. The molecule has 1 heterocycles. The first-order chi connectivity index (χ1) is 17.4. The minimum atomic E-state index is -2.35. The van der Waals surface area contributed by atoms with Crippen molar-refractivity contribution in [1.29, 1.82) is 0 Å². The Labute approximate surface area is 216 Å². The molecule has 0 aromatic carbocycles. The van der Waals surface area contributed by atoms with Crippen LogP contribution in [0.15, 0.2) is 46.6 Å². The van der Waals surface area contributed by atoms with Crippen LogP contribution in [0.4, 0.5) is 13.2 Å². The topological polar surface area (TPSA) is 93.8 Å². The van der Waals surface area contributed by atoms with E-state index in [4.69, 9.17) is 9.15 Å². The summed E-state index contributed by atoms with van der Waals surface area (Å²) in [7, 11) is 0. The summed E-state index contributed by atoms with van der Waals surface area (Å²) in [4.78, 5) is 38.7. The quantitative estimate of drug-likeness (QED) is 0.544. The minimum Gasteiger partial charge on any atom is -0.457 e. The van der Waals surface area contributed by atoms with Crippen LogP contribution < -0.4 is 0 Å². The van der Waals surface area contributed by atoms with Gasteiger partial charge in [-0.1, -0.05) is 19.9 Å². The molecule has 0 amide bonds. The summed E-state index contributed by atoms with van der Waals surface area (Å²) in [5, 5.41) is 10.7. The van der Waals surface area contributed by atoms with Crippen molar-refractivity contribution in [3.05, 3.63) is 48.0 Å². The Morgan fingerprint density at radius 3 is 2.65 bits per heavy atom. The van der Waals surface area contributed by atoms with Crippen molar-refractivity contribution in [2.24, 2.45) is 28.6 Å². The van der Waals surface area contributed by atoms with Crippen LogP contribution in [0.25, 0.3) is 0 Å². The van der Waals surface area contributed by atoms with Gasteiger partial charge in [0.1, 0.15) is 12.2 Å². The van der Waals surface area contributed by atoms with Gasteiger partial charge in [-0.2, -0.15) is 0 Å². The Hall–Kier alpha value is -2.33. The summed E-state index contributed by atoms with van der Waals surface area (Å²) in [6, 6.07) is 1.78. The standard InChI is InChI=1S/C27H29F3O6S/c1-14-9-16-17-11-19(29)18-10-15(31)6-7-24(18,2)26(17,30)21(32)12-25(16,3)27(14,23(34)37-13-28)36-22(33)20-5-4-8-35-20/h4-8,10,14,16-17,19,21,32H,9,11-13H2,1-3H3/t14?,16-,17-,19?,21?,24-,25-,26?,27?/m0/s1. The van der Waals surface area contributed by atoms with Crippen LogP contribution >= 0.6 is 11.8 Å². The van der Waals surface area contributed by atoms with Crippen molar-refractivity contribution < 1.29 is 41.8 Å². The highest BCUT2D eigenvalue weighted by molar-refractivity contribution is 8.13. The Morgan fingerprint density at radius 2 is 2.00 bits per heavy atom. The third-order valence-corrected chi connectivity index (χ3v) is 10.3. The molecule has 6 nitrogen and oxygen atoms in total. The second-order valence-electron chi connectivity index (χ2n) is 11.1. The van der Waals surface area contributed by atoms with E-state index in [-0.39, 0.29) is 30.6 Å². The number of carbonyl (C=O) groups is 3. The fourth-order valence-corrected chi connectivity index (χ4v) is 8.76. The smallest absolute Gasteiger partial charge is 0.375 e. The van der Waals surface area contributed by atoms with Crippen molar-refractivity contribution in [2.45, 2.75) is 63.6 Å². The third-order valence-electron chi connectivity index (χ3n) is 9.63. The van der Waals surface area contributed by atoms with Gasteiger partial charge in [0.2, 0.25) is 10.9 Å². The molecule has 0 aliphatic heterocycles. The summed E-state index contributed by atoms with van der Waals surface area (Å²) < 4.78 is 57.5. The number of allylic oxidation sites excluding steroid dienone is 4. The second kappa shape index (κ2) is 8.59. The van der Waals surface area contributed by atoms with E-state index in [9.17, 15) is 23.9 Å². The Balaban J connectivity index is 1.64. The zero-order valence-electron chi connectivity index (χ0n) is 20.7. The highest BCUT2D eigenvalue weighted by Gasteiger charge is 2.78. The number of hydrogen-bond acceptors (Lipinski definition) is 7. The summed E-state index contributed by atoms with van der Waals surface area (Å²) >= 11 is 0.352. The van der Waals surface area contributed by atoms with E-state index in [1.807, 2.05) is 0 Å². The van der Waals surface area contributed by atoms with E-state index in [0.29, 0.717) is 11.8 Å². The van der Waals surface area contributed by atoms with E-state index >= 15 is 8.78 Å². The molecule has 4 aliphatic rings. The number of carbonyl (C=O) groups excluding carboxylic acids is 3. The van der Waals surface area contributed by atoms with Gasteiger partial charge in [0.15, 0.2) is 17.1 Å². The zero-order chi connectivity index (χ0) is 27.0. The molecule has 3 saturated carbocycles. The lowest BCUT2D eigenvalue weighted by Gasteiger charge is -2.63. The predicted octanol–water partition coefficient (Wildman–Crippen LogP) is 4.93. The lowest BCUT2D eigenvalue weighted by molar-refractivity contribution is -0.221. The van der Waals surface area contributed by atoms with Crippen LogP contribution in [-0.2, 0) is 14.3 Å². The van der Waals surface area contributed by atoms with Crippen LogP contribution in [0.2, 0.25) is 0 Å². The Bertz CT molecular complexity index is 1200. The van der Waals surface area contributed by atoms with Crippen molar-refractivity contribution in [3.8, 4) is 0 Å². The summed E-state index contributed by atoms with van der Waals surface area (Å²) in [5.74, 6) is -3.98. The largest absolute Gasteiger partial charge is 0.457 e. The highest BCUT2D eigenvalue weighted by atomic mass is 32.2. The average Bonchev–Trinajstić information content (AvgIpc) is 3.45. The number of ether oxygens (including phenoxy) is 1. The molecule has 0 spiro atoms. The fourth-order valence-electron chi connectivity index (χ4n) is 7.97. The SMILES string of the molecule is CC1C[C@H]2[C@@H]3CC(F)C4=CC(=O)C=C[C@]4(C)C3(F)C(O)C[C@]2(C)C1(OC(=O)c1ccco1)C(=O)SCF. The van der Waals surface area contributed by atoms with Gasteiger partial charge < -0.3 is 14.3 Å². The van der Waals surface area contributed by atoms with Crippen LogP contribution in [0.1, 0.15) is 50.6 Å². The predicted molar refractivity (Wildman–Crippen MR) is 129 cm³/mol. The first-order valence-corrected chi connectivity index (χ1v) is 13.3. The summed E-state index contributed by atoms with van der Waals surface area (Å²) in [6.45, 7) is 4.79. The average molecular weight is 539 g/mol. The molecule has 0 bridgehead atoms. The maximum absolute atomic E-state index is 17.4. The van der Waals surface area contributed by atoms with Gasteiger partial charge >= 0.3 is 5.97 Å². The molecular weight excluding hydrogens is 509 g/mol. The van der Waals surface area contributed by atoms with Crippen molar-refractivity contribution in [3.63, 3.8) is 0 Å². The molecule has 3 fully saturated rings. The van der Waals surface area contributed by atoms with Gasteiger partial charge in [-0.05, 0) is 73.7 Å². The molecule has 4 aliphatic carbocycles. The van der Waals surface area contributed by atoms with Gasteiger partial charge in [-0.25, -0.2) is 18.0 Å². The third kappa shape index (κ3) is 3.27. The molecule has 5 rings (SSSR count). The molecule has 1 aromatic rings. The molecule has 10 heteroatoms. The van der Waals surface area contributed by atoms with Crippen LogP contribution in [0.3, 0.4) is 0 Å². The van der Waals surface area contributed by atoms with Crippen molar-refractivity contribution in [2.75, 3.05) is 6.01 Å². The first-order valence-electron chi connectivity index (χ1n) is 12.3. The molecular formula is C27H29F3O6S. The number of aliphatic hydroxyl groups excluding tert-OH is 1. The van der Waals surface area contributed by atoms with E-state index in [1.165, 1.54) is 37.5 Å². The van der Waals surface area contributed by atoms with Crippen LogP contribution in [0, 0.1) is 28.6 Å². The molecule has 200 valence electrons. The number of furan rings is 1. The zero-order valence-corrected chi connectivity index (χ0v) is 21.5. The van der Waals surface area contributed by atoms with E-state index in [1.54, 1.807) is 13.8 Å². The highest BCUT2D eigenvalue weighted by Crippen LogP contribution is 2.72. The van der Waals surface area contributed by atoms with Gasteiger partial charge in [-0.15, -0.1) is 0 Å². The van der Waals surface area contributed by atoms with E-state index in [2.05, 4.69) is 0 Å². The minimum absolute atomic E-state index is 0.00739. The van der Waals surface area contributed by atoms with Crippen molar-refractivity contribution >= 4 is 28.6 Å². The van der Waals surface area contributed by atoms with Gasteiger partial charge in [0, 0.05) is 22.7 Å². The summed E-state index contributed by atoms with van der Waals surface area (Å²) in [5.41, 5.74) is -7.19. The number of rotatable bonds is 4. The molecule has 1 N–H and O–H groups in total. The Morgan fingerprint density at radius 1 is 1.27 bits per heavy atom. The number of thioether (sulfide) groups is 1. The second-order valence-corrected chi connectivity index (χ2v) is 12.0. The molecule has 1 aromatic heterocycles. The number of fused-ring (bicyclic) bond motifs is 5. The monoisotopic (exact) mass is 538 g/mol. The lowest BCUT2D eigenvalue weighted by Crippen LogP contribution is -2.70. The van der Waals surface area contributed by atoms with E-state index < -0.39 is 75.0 Å². The number of hydrogen-bond donors (Lipinski definition) is 1. The molecule has 5 unspecified atom stereocenters. The maximum atomic E-state index is 17.4. The number of alkyl halides is 3. The van der Waals surface area contributed by atoms with Crippen molar-refractivity contribution in [1.82, 2.24) is 0 Å². The number of esters is 1. The number of ketones is 1. The van der Waals surface area contributed by atoms with Gasteiger partial charge in [0.25, 0.3) is 0 Å². The number of aliphatic hydroxyl groups is 1. The van der Waals surface area contributed by atoms with Crippen LogP contribution in [-0.4, -0.2) is 51.5 Å². The summed E-state index contributed by atoms with van der Waals surface area (Å²) in [6.07, 6.45) is 1.16. The molecule has 0 radical (unpaired) electrons. The molecule has 0 saturated heterocycles. The number of halogens is 3. The lowest BCUT2D eigenvalue weighted by atomic mass is 9.44. The van der Waals surface area contributed by atoms with Gasteiger partial charge in [0.05, 0.1) is 12.4 Å².